The third-order valence-corrected chi connectivity index (χ3v) is 3.35. The van der Waals surface area contributed by atoms with Gasteiger partial charge in [-0.2, -0.15) is 0 Å². The second-order valence-electron chi connectivity index (χ2n) is 5.16. The fourth-order valence-corrected chi connectivity index (χ4v) is 2.13. The van der Waals surface area contributed by atoms with Crippen LogP contribution >= 0.6 is 0 Å². The third-order valence-electron chi connectivity index (χ3n) is 3.35. The summed E-state index contributed by atoms with van der Waals surface area (Å²) in [6, 6.07) is 11.0. The molecule has 0 aromatic heterocycles. The molecule has 7 nitrogen and oxygen atoms in total. The molecule has 2 rings (SSSR count). The van der Waals surface area contributed by atoms with Crippen LogP contribution < -0.4 is 14.8 Å². The van der Waals surface area contributed by atoms with Crippen LogP contribution in [0.25, 0.3) is 0 Å². The first kappa shape index (κ1) is 19.0. The summed E-state index contributed by atoms with van der Waals surface area (Å²) < 4.78 is 15.5. The summed E-state index contributed by atoms with van der Waals surface area (Å²) in [5.41, 5.74) is 1.36. The van der Waals surface area contributed by atoms with E-state index in [9.17, 15) is 14.4 Å². The van der Waals surface area contributed by atoms with Gasteiger partial charge >= 0.3 is 5.97 Å². The maximum atomic E-state index is 12.0. The lowest BCUT2D eigenvalue weighted by Gasteiger charge is -2.12. The van der Waals surface area contributed by atoms with E-state index in [1.807, 2.05) is 6.92 Å². The number of carbonyl (C=O) groups is 3. The minimum atomic E-state index is -0.451. The summed E-state index contributed by atoms with van der Waals surface area (Å²) in [6.45, 7) is 1.97. The summed E-state index contributed by atoms with van der Waals surface area (Å²) in [5, 5.41) is 2.66. The van der Waals surface area contributed by atoms with Gasteiger partial charge in [-0.1, -0.05) is 0 Å². The maximum Gasteiger partial charge on any atom is 0.337 e. The Labute approximate surface area is 150 Å². The molecule has 0 aliphatic heterocycles. The number of hydrogen-bond acceptors (Lipinski definition) is 6. The zero-order chi connectivity index (χ0) is 18.9. The first-order valence-electron chi connectivity index (χ1n) is 7.90. The van der Waals surface area contributed by atoms with Crippen molar-refractivity contribution in [2.45, 2.75) is 6.92 Å². The molecule has 2 aromatic carbocycles. The van der Waals surface area contributed by atoms with Crippen molar-refractivity contribution in [1.29, 1.82) is 0 Å². The standard InChI is InChI=1S/C19H19NO6/c1-3-25-17-10-13(11-21)4-9-16(17)26-12-18(22)20-15-7-5-14(6-8-15)19(23)24-2/h4-11H,3,12H2,1-2H3,(H,20,22). The number of methoxy groups -OCH3 is 1. The molecule has 0 aliphatic carbocycles. The van der Waals surface area contributed by atoms with Gasteiger partial charge < -0.3 is 19.5 Å². The lowest BCUT2D eigenvalue weighted by Crippen LogP contribution is -2.20. The van der Waals surface area contributed by atoms with Gasteiger partial charge in [0, 0.05) is 11.3 Å². The number of ether oxygens (including phenoxy) is 3. The van der Waals surface area contributed by atoms with Crippen molar-refractivity contribution in [2.75, 3.05) is 25.6 Å². The Bertz CT molecular complexity index is 785. The quantitative estimate of drug-likeness (QED) is 0.577. The van der Waals surface area contributed by atoms with Crippen LogP contribution in [-0.2, 0) is 9.53 Å². The van der Waals surface area contributed by atoms with E-state index in [1.165, 1.54) is 7.11 Å². The summed E-state index contributed by atoms with van der Waals surface area (Å²) in [5.74, 6) is -0.0628. The van der Waals surface area contributed by atoms with E-state index in [0.717, 1.165) is 0 Å². The van der Waals surface area contributed by atoms with E-state index in [0.29, 0.717) is 41.2 Å². The zero-order valence-corrected chi connectivity index (χ0v) is 14.5. The van der Waals surface area contributed by atoms with Crippen molar-refractivity contribution in [3.63, 3.8) is 0 Å². The number of hydrogen-bond donors (Lipinski definition) is 1. The van der Waals surface area contributed by atoms with Crippen molar-refractivity contribution in [3.05, 3.63) is 53.6 Å². The fraction of sp³-hybridized carbons (Fsp3) is 0.211. The number of carbonyl (C=O) groups excluding carboxylic acids is 3. The molecule has 1 amide bonds. The van der Waals surface area contributed by atoms with Gasteiger partial charge in [0.25, 0.3) is 5.91 Å². The first-order chi connectivity index (χ1) is 12.6. The Morgan fingerprint density at radius 1 is 1.04 bits per heavy atom. The average Bonchev–Trinajstić information content (AvgIpc) is 2.67. The molecule has 26 heavy (non-hydrogen) atoms. The van der Waals surface area contributed by atoms with Gasteiger partial charge in [-0.15, -0.1) is 0 Å². The van der Waals surface area contributed by atoms with Gasteiger partial charge in [-0.05, 0) is 49.4 Å². The number of nitrogens with one attached hydrogen (secondary N) is 1. The Hall–Kier alpha value is -3.35. The first-order valence-corrected chi connectivity index (χ1v) is 7.90. The Balaban J connectivity index is 1.96. The second kappa shape index (κ2) is 9.22. The van der Waals surface area contributed by atoms with Gasteiger partial charge in [-0.25, -0.2) is 4.79 Å². The van der Waals surface area contributed by atoms with E-state index < -0.39 is 5.97 Å². The zero-order valence-electron chi connectivity index (χ0n) is 14.5. The van der Waals surface area contributed by atoms with Gasteiger partial charge in [0.2, 0.25) is 0 Å². The van der Waals surface area contributed by atoms with Crippen molar-refractivity contribution >= 4 is 23.9 Å². The summed E-state index contributed by atoms with van der Waals surface area (Å²) >= 11 is 0. The van der Waals surface area contributed by atoms with Crippen molar-refractivity contribution in [2.24, 2.45) is 0 Å². The molecular formula is C19H19NO6. The van der Waals surface area contributed by atoms with Crippen LogP contribution in [0.4, 0.5) is 5.69 Å². The van der Waals surface area contributed by atoms with Crippen LogP contribution in [0.5, 0.6) is 11.5 Å². The largest absolute Gasteiger partial charge is 0.490 e. The predicted octanol–water partition coefficient (Wildman–Crippen LogP) is 2.70. The van der Waals surface area contributed by atoms with E-state index in [2.05, 4.69) is 10.1 Å². The van der Waals surface area contributed by atoms with Crippen LogP contribution in [0.15, 0.2) is 42.5 Å². The number of anilines is 1. The van der Waals surface area contributed by atoms with E-state index in [1.54, 1.807) is 42.5 Å². The molecule has 0 aliphatic rings. The topological polar surface area (TPSA) is 90.9 Å². The lowest BCUT2D eigenvalue weighted by molar-refractivity contribution is -0.118. The van der Waals surface area contributed by atoms with Crippen molar-refractivity contribution in [3.8, 4) is 11.5 Å². The Kier molecular flexibility index (Phi) is 6.73. The third kappa shape index (κ3) is 5.07. The second-order valence-corrected chi connectivity index (χ2v) is 5.16. The number of aldehydes is 1. The summed E-state index contributed by atoms with van der Waals surface area (Å²) in [7, 11) is 1.30. The maximum absolute atomic E-state index is 12.0. The van der Waals surface area contributed by atoms with Gasteiger partial charge in [0.15, 0.2) is 18.1 Å². The lowest BCUT2D eigenvalue weighted by atomic mass is 10.2. The van der Waals surface area contributed by atoms with Crippen LogP contribution in [0.2, 0.25) is 0 Å². The molecule has 7 heteroatoms. The van der Waals surface area contributed by atoms with Gasteiger partial charge in [0.05, 0.1) is 19.3 Å². The molecule has 0 heterocycles. The number of rotatable bonds is 8. The molecule has 0 fully saturated rings. The molecule has 0 saturated carbocycles. The highest BCUT2D eigenvalue weighted by Gasteiger charge is 2.10. The molecule has 0 bridgehead atoms. The van der Waals surface area contributed by atoms with E-state index in [4.69, 9.17) is 9.47 Å². The number of amides is 1. The van der Waals surface area contributed by atoms with Gasteiger partial charge in [0.1, 0.15) is 6.29 Å². The van der Waals surface area contributed by atoms with Crippen LogP contribution in [-0.4, -0.2) is 38.5 Å². The minimum absolute atomic E-state index is 0.237. The fourth-order valence-electron chi connectivity index (χ4n) is 2.13. The molecular weight excluding hydrogens is 338 g/mol. The van der Waals surface area contributed by atoms with E-state index in [-0.39, 0.29) is 12.5 Å². The molecule has 0 saturated heterocycles. The molecule has 0 radical (unpaired) electrons. The Morgan fingerprint density at radius 3 is 2.38 bits per heavy atom. The van der Waals surface area contributed by atoms with Crippen molar-refractivity contribution in [1.82, 2.24) is 0 Å². The molecule has 0 atom stereocenters. The predicted molar refractivity (Wildman–Crippen MR) is 94.9 cm³/mol. The van der Waals surface area contributed by atoms with Crippen molar-refractivity contribution < 1.29 is 28.6 Å². The highest BCUT2D eigenvalue weighted by molar-refractivity contribution is 5.93. The average molecular weight is 357 g/mol. The molecule has 0 unspecified atom stereocenters. The monoisotopic (exact) mass is 357 g/mol. The number of esters is 1. The van der Waals surface area contributed by atoms with Crippen LogP contribution in [0, 0.1) is 0 Å². The minimum Gasteiger partial charge on any atom is -0.490 e. The summed E-state index contributed by atoms with van der Waals surface area (Å²) in [4.78, 5) is 34.2. The molecule has 1 N–H and O–H groups in total. The van der Waals surface area contributed by atoms with Gasteiger partial charge in [-0.3, -0.25) is 9.59 Å². The molecule has 136 valence electrons. The molecule has 2 aromatic rings. The smallest absolute Gasteiger partial charge is 0.337 e. The Morgan fingerprint density at radius 2 is 1.77 bits per heavy atom. The highest BCUT2D eigenvalue weighted by Crippen LogP contribution is 2.28. The number of benzene rings is 2. The normalized spacial score (nSPS) is 9.92. The summed E-state index contributed by atoms with van der Waals surface area (Å²) in [6.07, 6.45) is 0.705. The molecule has 0 spiro atoms. The van der Waals surface area contributed by atoms with Crippen LogP contribution in [0.1, 0.15) is 27.6 Å². The SMILES string of the molecule is CCOc1cc(C=O)ccc1OCC(=O)Nc1ccc(C(=O)OC)cc1. The van der Waals surface area contributed by atoms with Crippen LogP contribution in [0.3, 0.4) is 0 Å². The van der Waals surface area contributed by atoms with E-state index >= 15 is 0 Å². The highest BCUT2D eigenvalue weighted by atomic mass is 16.5.